The van der Waals surface area contributed by atoms with Crippen molar-refractivity contribution in [2.75, 3.05) is 6.54 Å². The van der Waals surface area contributed by atoms with E-state index in [0.29, 0.717) is 0 Å². The number of unbranched alkanes of at least 4 members (excludes halogenated alkanes) is 3. The third-order valence-corrected chi connectivity index (χ3v) is 4.55. The number of rotatable bonds is 6. The van der Waals surface area contributed by atoms with Gasteiger partial charge in [-0.25, -0.2) is 0 Å². The van der Waals surface area contributed by atoms with E-state index in [9.17, 15) is 0 Å². The van der Waals surface area contributed by atoms with Crippen LogP contribution in [0, 0.1) is 6.92 Å². The monoisotopic (exact) mass is 346 g/mol. The molecule has 1 aromatic carbocycles. The van der Waals surface area contributed by atoms with Gasteiger partial charge in [-0.3, -0.25) is 9.98 Å². The Labute approximate surface area is 135 Å². The van der Waals surface area contributed by atoms with Crippen LogP contribution >= 0.6 is 15.9 Å². The minimum Gasteiger partial charge on any atom is -0.288 e. The first-order valence-electron chi connectivity index (χ1n) is 7.71. The molecule has 0 aliphatic rings. The van der Waals surface area contributed by atoms with Gasteiger partial charge in [0.05, 0.1) is 15.9 Å². The third-order valence-electron chi connectivity index (χ3n) is 3.74. The van der Waals surface area contributed by atoms with Crippen LogP contribution in [0.3, 0.4) is 0 Å². The van der Waals surface area contributed by atoms with E-state index in [-0.39, 0.29) is 0 Å². The predicted octanol–water partition coefficient (Wildman–Crippen LogP) is 5.70. The van der Waals surface area contributed by atoms with Crippen LogP contribution < -0.4 is 0 Å². The molecule has 0 aliphatic heterocycles. The standard InChI is InChI=1S/C18H23BrN2/c1-4-5-6-9-12-20-14(3)18-17(19)16-11-8-7-10-15(16)13(2)21-18/h7-8,10-11H,4-6,9,12H2,1-3H3. The van der Waals surface area contributed by atoms with E-state index in [1.54, 1.807) is 0 Å². The SMILES string of the molecule is CCCCCCN=C(C)c1nc(C)c2ccccc2c1Br. The molecule has 1 heterocycles. The van der Waals surface area contributed by atoms with Crippen molar-refractivity contribution in [3.05, 3.63) is 40.1 Å². The highest BCUT2D eigenvalue weighted by atomic mass is 79.9. The number of aryl methyl sites for hydroxylation is 1. The van der Waals surface area contributed by atoms with Crippen molar-refractivity contribution in [2.24, 2.45) is 4.99 Å². The zero-order valence-electron chi connectivity index (χ0n) is 13.1. The van der Waals surface area contributed by atoms with Gasteiger partial charge in [-0.15, -0.1) is 0 Å². The molecule has 0 fully saturated rings. The van der Waals surface area contributed by atoms with Gasteiger partial charge in [-0.2, -0.15) is 0 Å². The Morgan fingerprint density at radius 3 is 2.57 bits per heavy atom. The maximum atomic E-state index is 4.74. The molecular formula is C18H23BrN2. The summed E-state index contributed by atoms with van der Waals surface area (Å²) in [6, 6.07) is 8.36. The molecular weight excluding hydrogens is 324 g/mol. The summed E-state index contributed by atoms with van der Waals surface area (Å²) in [6.45, 7) is 7.24. The lowest BCUT2D eigenvalue weighted by atomic mass is 10.1. The topological polar surface area (TPSA) is 25.2 Å². The van der Waals surface area contributed by atoms with Crippen LogP contribution in [0.1, 0.15) is 50.9 Å². The highest BCUT2D eigenvalue weighted by molar-refractivity contribution is 9.10. The molecule has 0 unspecified atom stereocenters. The maximum Gasteiger partial charge on any atom is 0.0988 e. The largest absolute Gasteiger partial charge is 0.288 e. The van der Waals surface area contributed by atoms with Gasteiger partial charge >= 0.3 is 0 Å². The number of aromatic nitrogens is 1. The lowest BCUT2D eigenvalue weighted by molar-refractivity contribution is 0.675. The molecule has 112 valence electrons. The van der Waals surface area contributed by atoms with E-state index in [2.05, 4.69) is 61.0 Å². The molecule has 0 amide bonds. The number of hydrogen-bond donors (Lipinski definition) is 0. The predicted molar refractivity (Wildman–Crippen MR) is 95.4 cm³/mol. The minimum absolute atomic E-state index is 0.895. The quantitative estimate of drug-likeness (QED) is 0.486. The molecule has 0 bridgehead atoms. The summed E-state index contributed by atoms with van der Waals surface area (Å²) in [5.41, 5.74) is 3.05. The Hall–Kier alpha value is -1.22. The highest BCUT2D eigenvalue weighted by Crippen LogP contribution is 2.28. The second-order valence-electron chi connectivity index (χ2n) is 5.43. The highest BCUT2D eigenvalue weighted by Gasteiger charge is 2.11. The van der Waals surface area contributed by atoms with Gasteiger partial charge in [-0.05, 0) is 41.6 Å². The average Bonchev–Trinajstić information content (AvgIpc) is 2.50. The van der Waals surface area contributed by atoms with Crippen LogP contribution in [0.15, 0.2) is 33.7 Å². The van der Waals surface area contributed by atoms with Crippen LogP contribution in [-0.2, 0) is 0 Å². The Kier molecular flexibility index (Phi) is 5.92. The van der Waals surface area contributed by atoms with Gasteiger partial charge < -0.3 is 0 Å². The van der Waals surface area contributed by atoms with E-state index in [4.69, 9.17) is 9.98 Å². The first-order chi connectivity index (χ1) is 10.1. The maximum absolute atomic E-state index is 4.74. The van der Waals surface area contributed by atoms with Gasteiger partial charge in [-0.1, -0.05) is 50.5 Å². The van der Waals surface area contributed by atoms with Crippen LogP contribution in [-0.4, -0.2) is 17.2 Å². The van der Waals surface area contributed by atoms with Crippen molar-refractivity contribution in [3.63, 3.8) is 0 Å². The fraction of sp³-hybridized carbons (Fsp3) is 0.444. The molecule has 21 heavy (non-hydrogen) atoms. The molecule has 0 saturated carbocycles. The van der Waals surface area contributed by atoms with Crippen LogP contribution in [0.5, 0.6) is 0 Å². The first-order valence-corrected chi connectivity index (χ1v) is 8.50. The summed E-state index contributed by atoms with van der Waals surface area (Å²) in [7, 11) is 0. The van der Waals surface area contributed by atoms with Gasteiger partial charge in [0.25, 0.3) is 0 Å². The summed E-state index contributed by atoms with van der Waals surface area (Å²) in [5.74, 6) is 0. The molecule has 1 aromatic heterocycles. The van der Waals surface area contributed by atoms with E-state index in [1.165, 1.54) is 30.0 Å². The molecule has 2 rings (SSSR count). The van der Waals surface area contributed by atoms with Crippen molar-refractivity contribution in [3.8, 4) is 0 Å². The zero-order valence-corrected chi connectivity index (χ0v) is 14.7. The zero-order chi connectivity index (χ0) is 15.2. The van der Waals surface area contributed by atoms with Crippen LogP contribution in [0.2, 0.25) is 0 Å². The second kappa shape index (κ2) is 7.69. The summed E-state index contributed by atoms with van der Waals surface area (Å²) < 4.78 is 1.05. The van der Waals surface area contributed by atoms with E-state index < -0.39 is 0 Å². The second-order valence-corrected chi connectivity index (χ2v) is 6.23. The number of fused-ring (bicyclic) bond motifs is 1. The normalized spacial score (nSPS) is 12.1. The third kappa shape index (κ3) is 3.91. The van der Waals surface area contributed by atoms with Crippen molar-refractivity contribution in [1.29, 1.82) is 0 Å². The summed E-state index contributed by atoms with van der Waals surface area (Å²) >= 11 is 3.71. The molecule has 0 spiro atoms. The number of hydrogen-bond acceptors (Lipinski definition) is 2. The Morgan fingerprint density at radius 2 is 1.86 bits per heavy atom. The van der Waals surface area contributed by atoms with E-state index in [0.717, 1.165) is 34.5 Å². The molecule has 0 aliphatic carbocycles. The number of aliphatic imine (C=N–C) groups is 1. The first kappa shape index (κ1) is 16.2. The lowest BCUT2D eigenvalue weighted by Gasteiger charge is -2.10. The summed E-state index contributed by atoms with van der Waals surface area (Å²) in [6.07, 6.45) is 4.99. The summed E-state index contributed by atoms with van der Waals surface area (Å²) in [5, 5.41) is 2.41. The fourth-order valence-electron chi connectivity index (χ4n) is 2.49. The van der Waals surface area contributed by atoms with Crippen LogP contribution in [0.25, 0.3) is 10.8 Å². The van der Waals surface area contributed by atoms with Crippen molar-refractivity contribution >= 4 is 32.4 Å². The lowest BCUT2D eigenvalue weighted by Crippen LogP contribution is -2.04. The van der Waals surface area contributed by atoms with Gasteiger partial charge in [0.1, 0.15) is 0 Å². The van der Waals surface area contributed by atoms with Crippen molar-refractivity contribution in [2.45, 2.75) is 46.5 Å². The molecule has 0 radical (unpaired) electrons. The van der Waals surface area contributed by atoms with Crippen molar-refractivity contribution < 1.29 is 0 Å². The summed E-state index contributed by atoms with van der Waals surface area (Å²) in [4.78, 5) is 9.44. The number of nitrogens with zero attached hydrogens (tertiary/aromatic N) is 2. The van der Waals surface area contributed by atoms with Gasteiger partial charge in [0.2, 0.25) is 0 Å². The van der Waals surface area contributed by atoms with Gasteiger partial charge in [0, 0.05) is 17.6 Å². The minimum atomic E-state index is 0.895. The Bertz CT molecular complexity index is 647. The van der Waals surface area contributed by atoms with E-state index in [1.807, 2.05) is 0 Å². The molecule has 3 heteroatoms. The fourth-order valence-corrected chi connectivity index (χ4v) is 3.22. The number of benzene rings is 1. The Balaban J connectivity index is 2.25. The van der Waals surface area contributed by atoms with Crippen molar-refractivity contribution in [1.82, 2.24) is 4.98 Å². The number of pyridine rings is 1. The molecule has 2 aromatic rings. The molecule has 0 saturated heterocycles. The smallest absolute Gasteiger partial charge is 0.0988 e. The number of halogens is 1. The van der Waals surface area contributed by atoms with Gasteiger partial charge in [0.15, 0.2) is 0 Å². The average molecular weight is 347 g/mol. The van der Waals surface area contributed by atoms with E-state index >= 15 is 0 Å². The molecule has 0 atom stereocenters. The van der Waals surface area contributed by atoms with Crippen LogP contribution in [0.4, 0.5) is 0 Å². The Morgan fingerprint density at radius 1 is 1.14 bits per heavy atom. The molecule has 2 nitrogen and oxygen atoms in total. The molecule has 0 N–H and O–H groups in total.